The molecule has 0 aliphatic carbocycles. The topological polar surface area (TPSA) is 75.4 Å². The van der Waals surface area contributed by atoms with Crippen molar-refractivity contribution in [2.75, 3.05) is 6.54 Å². The van der Waals surface area contributed by atoms with Crippen molar-refractivity contribution >= 4 is 5.91 Å². The summed E-state index contributed by atoms with van der Waals surface area (Å²) in [7, 11) is 0. The van der Waals surface area contributed by atoms with Gasteiger partial charge in [0.25, 0.3) is 0 Å². The molecule has 0 heterocycles. The lowest BCUT2D eigenvalue weighted by atomic mass is 10.2. The molecule has 0 aromatic rings. The quantitative estimate of drug-likeness (QED) is 0.505. The number of hydrogen-bond donors (Lipinski definition) is 3. The molecular formula is C7H16N2O2. The van der Waals surface area contributed by atoms with Crippen LogP contribution in [-0.2, 0) is 4.79 Å². The number of amides is 1. The highest BCUT2D eigenvalue weighted by Crippen LogP contribution is 1.85. The molecule has 0 aliphatic rings. The summed E-state index contributed by atoms with van der Waals surface area (Å²) in [4.78, 5) is 10.9. The highest BCUT2D eigenvalue weighted by Gasteiger charge is 2.10. The standard InChI is InChI=1S/C7H16N2O2/c1-3-6(8)7(11)9-4-5(2)10/h5-6,10H,3-4,8H2,1-2H3,(H,9,11)/t5?,6-/m0/s1. The lowest BCUT2D eigenvalue weighted by Gasteiger charge is -2.10. The molecule has 0 saturated carbocycles. The molecule has 11 heavy (non-hydrogen) atoms. The third-order valence-electron chi connectivity index (χ3n) is 1.35. The van der Waals surface area contributed by atoms with Gasteiger partial charge in [0.2, 0.25) is 5.91 Å². The number of rotatable bonds is 4. The van der Waals surface area contributed by atoms with Crippen molar-refractivity contribution in [2.45, 2.75) is 32.4 Å². The molecule has 1 amide bonds. The Bertz CT molecular complexity index is 126. The molecule has 0 fully saturated rings. The van der Waals surface area contributed by atoms with E-state index in [0.717, 1.165) is 0 Å². The van der Waals surface area contributed by atoms with Crippen LogP contribution in [0.25, 0.3) is 0 Å². The van der Waals surface area contributed by atoms with Gasteiger partial charge in [-0.1, -0.05) is 6.92 Å². The Morgan fingerprint density at radius 2 is 2.27 bits per heavy atom. The van der Waals surface area contributed by atoms with Gasteiger partial charge in [-0.15, -0.1) is 0 Å². The fraction of sp³-hybridized carbons (Fsp3) is 0.857. The monoisotopic (exact) mass is 160 g/mol. The molecule has 4 nitrogen and oxygen atoms in total. The Balaban J connectivity index is 3.52. The van der Waals surface area contributed by atoms with Gasteiger partial charge >= 0.3 is 0 Å². The van der Waals surface area contributed by atoms with Crippen molar-refractivity contribution in [2.24, 2.45) is 5.73 Å². The van der Waals surface area contributed by atoms with Gasteiger partial charge in [-0.3, -0.25) is 4.79 Å². The van der Waals surface area contributed by atoms with Crippen LogP contribution in [0.5, 0.6) is 0 Å². The van der Waals surface area contributed by atoms with E-state index in [4.69, 9.17) is 10.8 Å². The first-order valence-corrected chi connectivity index (χ1v) is 3.79. The lowest BCUT2D eigenvalue weighted by molar-refractivity contribution is -0.122. The normalized spacial score (nSPS) is 15.6. The minimum atomic E-state index is -0.511. The second kappa shape index (κ2) is 5.09. The van der Waals surface area contributed by atoms with Crippen LogP contribution in [0, 0.1) is 0 Å². The van der Waals surface area contributed by atoms with E-state index in [0.29, 0.717) is 6.42 Å². The molecule has 0 spiro atoms. The number of carbonyl (C=O) groups is 1. The van der Waals surface area contributed by atoms with E-state index < -0.39 is 12.1 Å². The number of nitrogens with one attached hydrogen (secondary N) is 1. The van der Waals surface area contributed by atoms with Crippen LogP contribution < -0.4 is 11.1 Å². The Morgan fingerprint density at radius 3 is 2.64 bits per heavy atom. The zero-order valence-electron chi connectivity index (χ0n) is 7.00. The Kier molecular flexibility index (Phi) is 4.81. The highest BCUT2D eigenvalue weighted by atomic mass is 16.3. The lowest BCUT2D eigenvalue weighted by Crippen LogP contribution is -2.42. The molecule has 66 valence electrons. The predicted octanol–water partition coefficient (Wildman–Crippen LogP) is -0.779. The van der Waals surface area contributed by atoms with Gasteiger partial charge in [-0.25, -0.2) is 0 Å². The first-order chi connectivity index (χ1) is 5.07. The van der Waals surface area contributed by atoms with Crippen LogP contribution in [-0.4, -0.2) is 29.7 Å². The summed E-state index contributed by atoms with van der Waals surface area (Å²) in [5.74, 6) is -0.201. The maximum atomic E-state index is 10.9. The minimum absolute atomic E-state index is 0.201. The van der Waals surface area contributed by atoms with Gasteiger partial charge in [-0.2, -0.15) is 0 Å². The number of carbonyl (C=O) groups excluding carboxylic acids is 1. The highest BCUT2D eigenvalue weighted by molar-refractivity contribution is 5.81. The Labute approximate surface area is 66.8 Å². The third kappa shape index (κ3) is 4.75. The largest absolute Gasteiger partial charge is 0.392 e. The maximum Gasteiger partial charge on any atom is 0.236 e. The van der Waals surface area contributed by atoms with Gasteiger partial charge in [0.05, 0.1) is 12.1 Å². The average Bonchev–Trinajstić information content (AvgIpc) is 1.98. The van der Waals surface area contributed by atoms with Crippen molar-refractivity contribution in [3.63, 3.8) is 0 Å². The molecule has 0 aromatic heterocycles. The van der Waals surface area contributed by atoms with Gasteiger partial charge in [0.15, 0.2) is 0 Å². The van der Waals surface area contributed by atoms with Crippen molar-refractivity contribution in [3.05, 3.63) is 0 Å². The van der Waals surface area contributed by atoms with Crippen LogP contribution in [0.15, 0.2) is 0 Å². The molecule has 0 rings (SSSR count). The second-order valence-electron chi connectivity index (χ2n) is 2.61. The van der Waals surface area contributed by atoms with Gasteiger partial charge < -0.3 is 16.2 Å². The Hall–Kier alpha value is -0.610. The minimum Gasteiger partial charge on any atom is -0.392 e. The average molecular weight is 160 g/mol. The molecule has 4 heteroatoms. The van der Waals surface area contributed by atoms with Crippen LogP contribution in [0.3, 0.4) is 0 Å². The fourth-order valence-corrected chi connectivity index (χ4v) is 0.565. The van der Waals surface area contributed by atoms with Gasteiger partial charge in [0, 0.05) is 6.54 Å². The summed E-state index contributed by atoms with van der Waals surface area (Å²) in [5.41, 5.74) is 5.41. The zero-order chi connectivity index (χ0) is 8.85. The molecule has 0 aliphatic heterocycles. The van der Waals surface area contributed by atoms with Crippen LogP contribution in [0.4, 0.5) is 0 Å². The van der Waals surface area contributed by atoms with E-state index in [-0.39, 0.29) is 12.5 Å². The van der Waals surface area contributed by atoms with Gasteiger partial charge in [0.1, 0.15) is 0 Å². The molecule has 0 radical (unpaired) electrons. The van der Waals surface area contributed by atoms with E-state index in [9.17, 15) is 4.79 Å². The zero-order valence-corrected chi connectivity index (χ0v) is 7.00. The summed E-state index contributed by atoms with van der Waals surface area (Å²) in [6.45, 7) is 3.72. The number of aliphatic hydroxyl groups excluding tert-OH is 1. The fourth-order valence-electron chi connectivity index (χ4n) is 0.565. The third-order valence-corrected chi connectivity index (χ3v) is 1.35. The van der Waals surface area contributed by atoms with E-state index in [1.54, 1.807) is 6.92 Å². The van der Waals surface area contributed by atoms with Crippen molar-refractivity contribution in [3.8, 4) is 0 Å². The molecule has 0 saturated heterocycles. The van der Waals surface area contributed by atoms with Crippen molar-refractivity contribution in [1.29, 1.82) is 0 Å². The molecule has 1 unspecified atom stereocenters. The smallest absolute Gasteiger partial charge is 0.236 e. The first kappa shape index (κ1) is 10.4. The number of aliphatic hydroxyl groups is 1. The van der Waals surface area contributed by atoms with Gasteiger partial charge in [-0.05, 0) is 13.3 Å². The SMILES string of the molecule is CC[C@H](N)C(=O)NCC(C)O. The molecule has 2 atom stereocenters. The summed E-state index contributed by atoms with van der Waals surface area (Å²) < 4.78 is 0. The maximum absolute atomic E-state index is 10.9. The number of hydrogen-bond acceptors (Lipinski definition) is 3. The molecule has 0 aromatic carbocycles. The van der Waals surface area contributed by atoms with E-state index in [1.165, 1.54) is 0 Å². The molecule has 0 bridgehead atoms. The van der Waals surface area contributed by atoms with E-state index in [2.05, 4.69) is 5.32 Å². The van der Waals surface area contributed by atoms with Crippen molar-refractivity contribution < 1.29 is 9.90 Å². The summed E-state index contributed by atoms with van der Waals surface area (Å²) in [6, 6.07) is -0.450. The molecule has 4 N–H and O–H groups in total. The van der Waals surface area contributed by atoms with E-state index in [1.807, 2.05) is 6.92 Å². The van der Waals surface area contributed by atoms with Crippen LogP contribution in [0.2, 0.25) is 0 Å². The van der Waals surface area contributed by atoms with E-state index >= 15 is 0 Å². The molecular weight excluding hydrogens is 144 g/mol. The van der Waals surface area contributed by atoms with Crippen LogP contribution in [0.1, 0.15) is 20.3 Å². The number of nitrogens with two attached hydrogens (primary N) is 1. The summed E-state index contributed by atoms with van der Waals surface area (Å²) in [5, 5.41) is 11.3. The predicted molar refractivity (Wildman–Crippen MR) is 43.0 cm³/mol. The Morgan fingerprint density at radius 1 is 1.73 bits per heavy atom. The van der Waals surface area contributed by atoms with Crippen LogP contribution >= 0.6 is 0 Å². The second-order valence-corrected chi connectivity index (χ2v) is 2.61. The first-order valence-electron chi connectivity index (χ1n) is 3.79. The van der Waals surface area contributed by atoms with Crippen molar-refractivity contribution in [1.82, 2.24) is 5.32 Å². The summed E-state index contributed by atoms with van der Waals surface area (Å²) >= 11 is 0. The summed E-state index contributed by atoms with van der Waals surface area (Å²) in [6.07, 6.45) is 0.106.